The van der Waals surface area contributed by atoms with Crippen molar-refractivity contribution in [1.82, 2.24) is 15.1 Å². The maximum atomic E-state index is 4.90. The first-order chi connectivity index (χ1) is 15.3. The Morgan fingerprint density at radius 2 is 1.66 bits per heavy atom. The van der Waals surface area contributed by atoms with E-state index in [-0.39, 0.29) is 17.0 Å². The SMILES string of the molecule is C=C(NC12CC3CC(CC(C3)C1)C2)c1cnn2c1NC(c1ccccc1)CC2C(C)(C)C. The Kier molecular flexibility index (Phi) is 4.54. The maximum Gasteiger partial charge on any atom is 0.134 e. The number of fused-ring (bicyclic) bond motifs is 1. The Balaban J connectivity index is 1.31. The van der Waals surface area contributed by atoms with Crippen molar-refractivity contribution in [2.24, 2.45) is 23.2 Å². The van der Waals surface area contributed by atoms with Gasteiger partial charge in [0.2, 0.25) is 0 Å². The molecule has 0 amide bonds. The molecule has 4 nitrogen and oxygen atoms in total. The molecule has 32 heavy (non-hydrogen) atoms. The van der Waals surface area contributed by atoms with Crippen molar-refractivity contribution in [3.05, 3.63) is 54.2 Å². The second-order valence-corrected chi connectivity index (χ2v) is 12.4. The monoisotopic (exact) mass is 430 g/mol. The number of benzene rings is 1. The van der Waals surface area contributed by atoms with Crippen LogP contribution in [0.25, 0.3) is 5.70 Å². The fraction of sp³-hybridized carbons (Fsp3) is 0.607. The minimum absolute atomic E-state index is 0.127. The number of nitrogens with zero attached hydrogens (tertiary/aromatic N) is 2. The molecule has 170 valence electrons. The molecule has 0 spiro atoms. The average molecular weight is 431 g/mol. The zero-order valence-electron chi connectivity index (χ0n) is 19.9. The first kappa shape index (κ1) is 20.4. The molecule has 1 aromatic carbocycles. The number of rotatable bonds is 4. The van der Waals surface area contributed by atoms with E-state index in [0.29, 0.717) is 6.04 Å². The van der Waals surface area contributed by atoms with E-state index >= 15 is 0 Å². The van der Waals surface area contributed by atoms with Gasteiger partial charge in [0.25, 0.3) is 0 Å². The van der Waals surface area contributed by atoms with Crippen molar-refractivity contribution in [2.45, 2.75) is 83.3 Å². The van der Waals surface area contributed by atoms with Crippen molar-refractivity contribution < 1.29 is 0 Å². The van der Waals surface area contributed by atoms with Crippen LogP contribution < -0.4 is 10.6 Å². The number of nitrogens with one attached hydrogen (secondary N) is 2. The van der Waals surface area contributed by atoms with Gasteiger partial charge in [-0.05, 0) is 73.7 Å². The number of hydrogen-bond donors (Lipinski definition) is 2. The van der Waals surface area contributed by atoms with E-state index in [1.807, 2.05) is 6.20 Å². The fourth-order valence-corrected chi connectivity index (χ4v) is 7.79. The van der Waals surface area contributed by atoms with Gasteiger partial charge in [-0.25, -0.2) is 4.68 Å². The Bertz CT molecular complexity index is 977. The zero-order chi connectivity index (χ0) is 22.1. The van der Waals surface area contributed by atoms with E-state index in [0.717, 1.165) is 41.3 Å². The molecule has 4 bridgehead atoms. The van der Waals surface area contributed by atoms with Gasteiger partial charge in [-0.1, -0.05) is 57.7 Å². The van der Waals surface area contributed by atoms with Gasteiger partial charge < -0.3 is 10.6 Å². The lowest BCUT2D eigenvalue weighted by Gasteiger charge is -2.57. The number of aromatic nitrogens is 2. The Morgan fingerprint density at radius 1 is 1.03 bits per heavy atom. The molecule has 1 aromatic heterocycles. The Labute approximate surface area is 192 Å². The summed E-state index contributed by atoms with van der Waals surface area (Å²) in [6.07, 6.45) is 11.4. The van der Waals surface area contributed by atoms with Crippen LogP contribution in [0, 0.1) is 23.2 Å². The zero-order valence-corrected chi connectivity index (χ0v) is 19.9. The average Bonchev–Trinajstić information content (AvgIpc) is 3.15. The molecular weight excluding hydrogens is 392 g/mol. The molecule has 5 aliphatic rings. The predicted octanol–water partition coefficient (Wildman–Crippen LogP) is 6.56. The normalized spacial score (nSPS) is 35.3. The maximum absolute atomic E-state index is 4.90. The van der Waals surface area contributed by atoms with Crippen molar-refractivity contribution in [2.75, 3.05) is 5.32 Å². The summed E-state index contributed by atoms with van der Waals surface area (Å²) >= 11 is 0. The van der Waals surface area contributed by atoms with Crippen LogP contribution in [-0.4, -0.2) is 15.3 Å². The van der Waals surface area contributed by atoms with Crippen LogP contribution in [0.15, 0.2) is 43.1 Å². The Hall–Kier alpha value is -2.23. The highest BCUT2D eigenvalue weighted by molar-refractivity contribution is 5.73. The van der Waals surface area contributed by atoms with E-state index in [1.54, 1.807) is 0 Å². The summed E-state index contributed by atoms with van der Waals surface area (Å²) in [5.74, 6) is 3.91. The summed E-state index contributed by atoms with van der Waals surface area (Å²) in [6, 6.07) is 11.5. The topological polar surface area (TPSA) is 41.9 Å². The summed E-state index contributed by atoms with van der Waals surface area (Å²) in [6.45, 7) is 11.6. The number of hydrogen-bond acceptors (Lipinski definition) is 3. The molecule has 0 radical (unpaired) electrons. The number of anilines is 1. The van der Waals surface area contributed by atoms with Crippen LogP contribution in [0.4, 0.5) is 5.82 Å². The van der Waals surface area contributed by atoms with Crippen LogP contribution in [-0.2, 0) is 0 Å². The summed E-state index contributed by atoms with van der Waals surface area (Å²) in [4.78, 5) is 0. The van der Waals surface area contributed by atoms with Gasteiger partial charge in [0, 0.05) is 11.2 Å². The molecule has 2 unspecified atom stereocenters. The Morgan fingerprint density at radius 3 is 2.25 bits per heavy atom. The highest BCUT2D eigenvalue weighted by atomic mass is 15.4. The largest absolute Gasteiger partial charge is 0.379 e. The minimum Gasteiger partial charge on any atom is -0.379 e. The van der Waals surface area contributed by atoms with E-state index in [1.165, 1.54) is 44.1 Å². The van der Waals surface area contributed by atoms with Gasteiger partial charge in [0.1, 0.15) is 5.82 Å². The molecule has 2 heterocycles. The predicted molar refractivity (Wildman–Crippen MR) is 131 cm³/mol. The van der Waals surface area contributed by atoms with Gasteiger partial charge in [0.05, 0.1) is 23.8 Å². The second-order valence-electron chi connectivity index (χ2n) is 12.4. The lowest BCUT2D eigenvalue weighted by atomic mass is 9.53. The fourth-order valence-electron chi connectivity index (χ4n) is 7.79. The molecular formula is C28H38N4. The third-order valence-electron chi connectivity index (χ3n) is 8.84. The molecule has 4 fully saturated rings. The molecule has 4 aliphatic carbocycles. The van der Waals surface area contributed by atoms with Gasteiger partial charge >= 0.3 is 0 Å². The second kappa shape index (κ2) is 7.13. The van der Waals surface area contributed by atoms with Crippen molar-refractivity contribution in [3.8, 4) is 0 Å². The first-order valence-corrected chi connectivity index (χ1v) is 12.7. The molecule has 4 saturated carbocycles. The molecule has 2 N–H and O–H groups in total. The molecule has 7 rings (SSSR count). The minimum atomic E-state index is 0.127. The van der Waals surface area contributed by atoms with Crippen LogP contribution in [0.5, 0.6) is 0 Å². The molecule has 4 heteroatoms. The lowest BCUT2D eigenvalue weighted by molar-refractivity contribution is -0.0114. The van der Waals surface area contributed by atoms with Crippen LogP contribution in [0.1, 0.15) is 88.9 Å². The third-order valence-corrected chi connectivity index (χ3v) is 8.84. The van der Waals surface area contributed by atoms with E-state index in [9.17, 15) is 0 Å². The highest BCUT2D eigenvalue weighted by Crippen LogP contribution is 2.56. The van der Waals surface area contributed by atoms with E-state index < -0.39 is 0 Å². The summed E-state index contributed by atoms with van der Waals surface area (Å²) in [5, 5.41) is 12.8. The van der Waals surface area contributed by atoms with Gasteiger partial charge in [-0.3, -0.25) is 0 Å². The van der Waals surface area contributed by atoms with Crippen molar-refractivity contribution in [1.29, 1.82) is 0 Å². The van der Waals surface area contributed by atoms with Gasteiger partial charge in [-0.2, -0.15) is 5.10 Å². The standard InChI is InChI=1S/C28H38N4/c1-18(31-28-14-19-10-20(15-28)12-21(11-19)16-28)23-17-29-32-25(27(2,3)4)13-24(30-26(23)32)22-8-6-5-7-9-22/h5-9,17,19-21,24-25,30-31H,1,10-16H2,2-4H3. The quantitative estimate of drug-likeness (QED) is 0.577. The van der Waals surface area contributed by atoms with E-state index in [2.05, 4.69) is 73.0 Å². The lowest BCUT2D eigenvalue weighted by Crippen LogP contribution is -2.57. The summed E-state index contributed by atoms with van der Waals surface area (Å²) < 4.78 is 2.24. The smallest absolute Gasteiger partial charge is 0.134 e. The molecule has 1 aliphatic heterocycles. The van der Waals surface area contributed by atoms with Crippen molar-refractivity contribution in [3.63, 3.8) is 0 Å². The van der Waals surface area contributed by atoms with E-state index in [4.69, 9.17) is 5.10 Å². The van der Waals surface area contributed by atoms with Crippen molar-refractivity contribution >= 4 is 11.5 Å². The van der Waals surface area contributed by atoms with Crippen LogP contribution >= 0.6 is 0 Å². The van der Waals surface area contributed by atoms with Gasteiger partial charge in [-0.15, -0.1) is 0 Å². The first-order valence-electron chi connectivity index (χ1n) is 12.7. The third kappa shape index (κ3) is 3.38. The van der Waals surface area contributed by atoms with Gasteiger partial charge in [0.15, 0.2) is 0 Å². The molecule has 2 aromatic rings. The van der Waals surface area contributed by atoms with Crippen LogP contribution in [0.2, 0.25) is 0 Å². The molecule has 2 atom stereocenters. The highest BCUT2D eigenvalue weighted by Gasteiger charge is 2.51. The summed E-state index contributed by atoms with van der Waals surface area (Å²) in [5.41, 5.74) is 3.94. The summed E-state index contributed by atoms with van der Waals surface area (Å²) in [7, 11) is 0. The molecule has 0 saturated heterocycles. The van der Waals surface area contributed by atoms with Crippen LogP contribution in [0.3, 0.4) is 0 Å².